The molecule has 6 nitrogen and oxygen atoms in total. The van der Waals surface area contributed by atoms with Gasteiger partial charge in [-0.05, 0) is 43.2 Å². The fourth-order valence-electron chi connectivity index (χ4n) is 3.13. The molecule has 0 atom stereocenters. The molecule has 3 aromatic rings. The van der Waals surface area contributed by atoms with Crippen LogP contribution in [-0.4, -0.2) is 22.8 Å². The Morgan fingerprint density at radius 2 is 1.82 bits per heavy atom. The first-order valence-electron chi connectivity index (χ1n) is 9.45. The molecule has 28 heavy (non-hydrogen) atoms. The molecule has 0 fully saturated rings. The van der Waals surface area contributed by atoms with Crippen molar-refractivity contribution in [3.63, 3.8) is 0 Å². The van der Waals surface area contributed by atoms with E-state index in [-0.39, 0.29) is 6.79 Å². The lowest BCUT2D eigenvalue weighted by atomic mass is 10.2. The van der Waals surface area contributed by atoms with Crippen molar-refractivity contribution in [1.29, 1.82) is 0 Å². The van der Waals surface area contributed by atoms with E-state index in [0.29, 0.717) is 18.5 Å². The van der Waals surface area contributed by atoms with Crippen LogP contribution in [-0.2, 0) is 13.1 Å². The SMILES string of the molecule is CC(C)N(Cc1ccccc1)c1ccnc(NCc2ccc3c(c2)OCO3)n1. The van der Waals surface area contributed by atoms with Gasteiger partial charge in [0.2, 0.25) is 12.7 Å². The molecule has 144 valence electrons. The molecule has 0 unspecified atom stereocenters. The number of aromatic nitrogens is 2. The molecule has 0 saturated carbocycles. The molecule has 0 spiro atoms. The lowest BCUT2D eigenvalue weighted by Crippen LogP contribution is -2.31. The van der Waals surface area contributed by atoms with Crippen molar-refractivity contribution in [1.82, 2.24) is 9.97 Å². The third-order valence-corrected chi connectivity index (χ3v) is 4.64. The first-order valence-corrected chi connectivity index (χ1v) is 9.45. The second-order valence-electron chi connectivity index (χ2n) is 6.99. The minimum Gasteiger partial charge on any atom is -0.454 e. The number of nitrogens with one attached hydrogen (secondary N) is 1. The number of anilines is 2. The topological polar surface area (TPSA) is 59.5 Å². The number of rotatable bonds is 7. The molecular formula is C22H24N4O2. The Kier molecular flexibility index (Phi) is 5.28. The summed E-state index contributed by atoms with van der Waals surface area (Å²) in [6.07, 6.45) is 1.80. The largest absolute Gasteiger partial charge is 0.454 e. The van der Waals surface area contributed by atoms with E-state index in [1.165, 1.54) is 5.56 Å². The van der Waals surface area contributed by atoms with Crippen LogP contribution in [0.25, 0.3) is 0 Å². The van der Waals surface area contributed by atoms with Gasteiger partial charge in [-0.1, -0.05) is 36.4 Å². The molecule has 0 saturated heterocycles. The second kappa shape index (κ2) is 8.17. The van der Waals surface area contributed by atoms with Gasteiger partial charge in [0.15, 0.2) is 11.5 Å². The van der Waals surface area contributed by atoms with E-state index in [2.05, 4.69) is 53.3 Å². The zero-order chi connectivity index (χ0) is 19.3. The number of fused-ring (bicyclic) bond motifs is 1. The maximum Gasteiger partial charge on any atom is 0.231 e. The predicted molar refractivity (Wildman–Crippen MR) is 110 cm³/mol. The van der Waals surface area contributed by atoms with Crippen LogP contribution in [0.3, 0.4) is 0 Å². The van der Waals surface area contributed by atoms with E-state index in [0.717, 1.165) is 29.4 Å². The van der Waals surface area contributed by atoms with E-state index in [4.69, 9.17) is 14.5 Å². The van der Waals surface area contributed by atoms with Crippen LogP contribution in [0.15, 0.2) is 60.8 Å². The predicted octanol–water partition coefficient (Wildman–Crippen LogP) is 4.23. The summed E-state index contributed by atoms with van der Waals surface area (Å²) in [5, 5.41) is 3.30. The summed E-state index contributed by atoms with van der Waals surface area (Å²) in [6.45, 7) is 6.04. The Morgan fingerprint density at radius 3 is 2.64 bits per heavy atom. The maximum absolute atomic E-state index is 5.44. The van der Waals surface area contributed by atoms with Crippen molar-refractivity contribution in [2.24, 2.45) is 0 Å². The summed E-state index contributed by atoms with van der Waals surface area (Å²) in [6, 6.07) is 18.6. The summed E-state index contributed by atoms with van der Waals surface area (Å²) in [4.78, 5) is 11.4. The van der Waals surface area contributed by atoms with E-state index in [1.54, 1.807) is 6.20 Å². The first kappa shape index (κ1) is 18.1. The van der Waals surface area contributed by atoms with Crippen LogP contribution in [0.2, 0.25) is 0 Å². The molecule has 0 aliphatic carbocycles. The zero-order valence-corrected chi connectivity index (χ0v) is 16.1. The van der Waals surface area contributed by atoms with E-state index < -0.39 is 0 Å². The van der Waals surface area contributed by atoms with Gasteiger partial charge in [-0.3, -0.25) is 0 Å². The number of hydrogen-bond donors (Lipinski definition) is 1. The number of hydrogen-bond acceptors (Lipinski definition) is 6. The quantitative estimate of drug-likeness (QED) is 0.666. The van der Waals surface area contributed by atoms with Crippen molar-refractivity contribution < 1.29 is 9.47 Å². The number of benzene rings is 2. The molecule has 1 N–H and O–H groups in total. The monoisotopic (exact) mass is 376 g/mol. The third-order valence-electron chi connectivity index (χ3n) is 4.64. The first-order chi connectivity index (χ1) is 13.7. The molecule has 2 aromatic carbocycles. The molecule has 4 rings (SSSR count). The van der Waals surface area contributed by atoms with Crippen molar-refractivity contribution in [2.45, 2.75) is 33.0 Å². The molecule has 2 heterocycles. The normalized spacial score (nSPS) is 12.2. The standard InChI is InChI=1S/C22H24N4O2/c1-16(2)26(14-17-6-4-3-5-7-17)21-10-11-23-22(25-21)24-13-18-8-9-19-20(12-18)28-15-27-19/h3-12,16H,13-15H2,1-2H3,(H,23,24,25). The van der Waals surface area contributed by atoms with Crippen LogP contribution in [0, 0.1) is 0 Å². The molecule has 1 aliphatic rings. The van der Waals surface area contributed by atoms with Crippen LogP contribution < -0.4 is 19.7 Å². The second-order valence-corrected chi connectivity index (χ2v) is 6.99. The van der Waals surface area contributed by atoms with Gasteiger partial charge in [-0.2, -0.15) is 4.98 Å². The molecule has 1 aliphatic heterocycles. The highest BCUT2D eigenvalue weighted by atomic mass is 16.7. The van der Waals surface area contributed by atoms with E-state index in [1.807, 2.05) is 30.3 Å². The minimum absolute atomic E-state index is 0.282. The molecule has 0 radical (unpaired) electrons. The Hall–Kier alpha value is -3.28. The Morgan fingerprint density at radius 1 is 1.00 bits per heavy atom. The molecular weight excluding hydrogens is 352 g/mol. The smallest absolute Gasteiger partial charge is 0.231 e. The Labute approximate surface area is 165 Å². The third kappa shape index (κ3) is 4.17. The van der Waals surface area contributed by atoms with Crippen LogP contribution in [0.4, 0.5) is 11.8 Å². The Balaban J connectivity index is 1.46. The summed E-state index contributed by atoms with van der Waals surface area (Å²) in [5.41, 5.74) is 2.34. The van der Waals surface area contributed by atoms with Crippen molar-refractivity contribution in [2.75, 3.05) is 17.0 Å². The van der Waals surface area contributed by atoms with Crippen molar-refractivity contribution in [3.8, 4) is 11.5 Å². The van der Waals surface area contributed by atoms with Crippen molar-refractivity contribution in [3.05, 3.63) is 71.9 Å². The fraction of sp³-hybridized carbons (Fsp3) is 0.273. The Bertz CT molecular complexity index is 931. The summed E-state index contributed by atoms with van der Waals surface area (Å²) >= 11 is 0. The zero-order valence-electron chi connectivity index (χ0n) is 16.1. The van der Waals surface area contributed by atoms with Gasteiger partial charge in [0.05, 0.1) is 0 Å². The van der Waals surface area contributed by atoms with Crippen LogP contribution >= 0.6 is 0 Å². The lowest BCUT2D eigenvalue weighted by molar-refractivity contribution is 0.174. The van der Waals surface area contributed by atoms with Crippen molar-refractivity contribution >= 4 is 11.8 Å². The van der Waals surface area contributed by atoms with E-state index in [9.17, 15) is 0 Å². The lowest BCUT2D eigenvalue weighted by Gasteiger charge is -2.28. The minimum atomic E-state index is 0.282. The fourth-order valence-corrected chi connectivity index (χ4v) is 3.13. The van der Waals surface area contributed by atoms with Gasteiger partial charge in [0, 0.05) is 25.3 Å². The van der Waals surface area contributed by atoms with Gasteiger partial charge in [0.1, 0.15) is 5.82 Å². The average molecular weight is 376 g/mol. The average Bonchev–Trinajstić information content (AvgIpc) is 3.19. The van der Waals surface area contributed by atoms with Crippen LogP contribution in [0.1, 0.15) is 25.0 Å². The summed E-state index contributed by atoms with van der Waals surface area (Å²) < 4.78 is 10.8. The summed E-state index contributed by atoms with van der Waals surface area (Å²) in [7, 11) is 0. The molecule has 6 heteroatoms. The highest BCUT2D eigenvalue weighted by Crippen LogP contribution is 2.32. The van der Waals surface area contributed by atoms with Crippen LogP contribution in [0.5, 0.6) is 11.5 Å². The highest BCUT2D eigenvalue weighted by molar-refractivity contribution is 5.47. The van der Waals surface area contributed by atoms with Gasteiger partial charge in [-0.15, -0.1) is 0 Å². The summed E-state index contributed by atoms with van der Waals surface area (Å²) in [5.74, 6) is 3.08. The van der Waals surface area contributed by atoms with Gasteiger partial charge in [0.25, 0.3) is 0 Å². The number of nitrogens with zero attached hydrogens (tertiary/aromatic N) is 3. The molecule has 0 bridgehead atoms. The molecule has 0 amide bonds. The van der Waals surface area contributed by atoms with E-state index >= 15 is 0 Å². The van der Waals surface area contributed by atoms with Gasteiger partial charge >= 0.3 is 0 Å². The maximum atomic E-state index is 5.44. The number of ether oxygens (including phenoxy) is 2. The molecule has 1 aromatic heterocycles. The van der Waals surface area contributed by atoms with Gasteiger partial charge < -0.3 is 19.7 Å². The van der Waals surface area contributed by atoms with Gasteiger partial charge in [-0.25, -0.2) is 4.98 Å². The highest BCUT2D eigenvalue weighted by Gasteiger charge is 2.15.